The minimum Gasteiger partial charge on any atom is -0.335 e. The Labute approximate surface area is 118 Å². The molecule has 0 unspecified atom stereocenters. The third-order valence-corrected chi connectivity index (χ3v) is 3.52. The van der Waals surface area contributed by atoms with Gasteiger partial charge in [-0.15, -0.1) is 0 Å². The number of hydrogen-bond acceptors (Lipinski definition) is 3. The van der Waals surface area contributed by atoms with Crippen LogP contribution in [0.25, 0.3) is 22.3 Å². The lowest BCUT2D eigenvalue weighted by Crippen LogP contribution is -2.04. The second kappa shape index (κ2) is 5.06. The highest BCUT2D eigenvalue weighted by Crippen LogP contribution is 2.29. The lowest BCUT2D eigenvalue weighted by Gasteiger charge is -2.05. The van der Waals surface area contributed by atoms with Gasteiger partial charge in [-0.2, -0.15) is 0 Å². The molecule has 102 valence electrons. The van der Waals surface area contributed by atoms with Crippen LogP contribution in [0.5, 0.6) is 0 Å². The summed E-state index contributed by atoms with van der Waals surface area (Å²) in [5.74, 6) is 0. The van der Waals surface area contributed by atoms with Gasteiger partial charge in [-0.05, 0) is 19.5 Å². The molecule has 2 heterocycles. The maximum absolute atomic E-state index is 4.51. The van der Waals surface area contributed by atoms with Crippen molar-refractivity contribution in [2.45, 2.75) is 13.5 Å². The molecule has 3 rings (SSSR count). The summed E-state index contributed by atoms with van der Waals surface area (Å²) in [5.41, 5.74) is 5.58. The van der Waals surface area contributed by atoms with E-state index in [0.717, 1.165) is 28.8 Å². The Kier molecular flexibility index (Phi) is 3.24. The predicted molar refractivity (Wildman–Crippen MR) is 81.4 cm³/mol. The smallest absolute Gasteiger partial charge is 0.144 e. The Balaban J connectivity index is 2.27. The summed E-state index contributed by atoms with van der Waals surface area (Å²) < 4.78 is 2.06. The van der Waals surface area contributed by atoms with Gasteiger partial charge >= 0.3 is 0 Å². The van der Waals surface area contributed by atoms with E-state index in [4.69, 9.17) is 0 Å². The van der Waals surface area contributed by atoms with Crippen molar-refractivity contribution >= 4 is 11.0 Å². The summed E-state index contributed by atoms with van der Waals surface area (Å²) in [7, 11) is 3.97. The van der Waals surface area contributed by atoms with Crippen LogP contribution in [0.3, 0.4) is 0 Å². The predicted octanol–water partition coefficient (Wildman–Crippen LogP) is 2.66. The molecule has 0 saturated carbocycles. The molecule has 4 nitrogen and oxygen atoms in total. The first-order valence-corrected chi connectivity index (χ1v) is 6.71. The normalized spacial score (nSPS) is 11.2. The van der Waals surface area contributed by atoms with Crippen molar-refractivity contribution in [3.05, 3.63) is 47.9 Å². The Morgan fingerprint density at radius 1 is 1.15 bits per heavy atom. The average Bonchev–Trinajstić information content (AvgIpc) is 2.77. The number of fused-ring (bicyclic) bond motifs is 1. The number of hydrogen-bond donors (Lipinski definition) is 1. The lowest BCUT2D eigenvalue weighted by molar-refractivity contribution is 0.815. The molecule has 0 aliphatic heterocycles. The van der Waals surface area contributed by atoms with Crippen molar-refractivity contribution in [1.82, 2.24) is 19.9 Å². The molecule has 1 N–H and O–H groups in total. The minimum atomic E-state index is 0.809. The fourth-order valence-corrected chi connectivity index (χ4v) is 2.55. The minimum absolute atomic E-state index is 0.809. The highest BCUT2D eigenvalue weighted by molar-refractivity contribution is 5.93. The van der Waals surface area contributed by atoms with E-state index >= 15 is 0 Å². The third-order valence-electron chi connectivity index (χ3n) is 3.52. The van der Waals surface area contributed by atoms with Crippen LogP contribution in [0.4, 0.5) is 0 Å². The lowest BCUT2D eigenvalue weighted by atomic mass is 10.0. The molecule has 2 aromatic heterocycles. The highest BCUT2D eigenvalue weighted by atomic mass is 15.0. The second-order valence-corrected chi connectivity index (χ2v) is 5.08. The van der Waals surface area contributed by atoms with Gasteiger partial charge in [0.25, 0.3) is 0 Å². The first-order chi connectivity index (χ1) is 9.70. The van der Waals surface area contributed by atoms with E-state index in [1.165, 1.54) is 11.1 Å². The maximum Gasteiger partial charge on any atom is 0.144 e. The van der Waals surface area contributed by atoms with Crippen LogP contribution in [0.15, 0.2) is 36.8 Å². The van der Waals surface area contributed by atoms with Crippen molar-refractivity contribution in [2.75, 3.05) is 7.05 Å². The monoisotopic (exact) mass is 266 g/mol. The molecule has 0 saturated heterocycles. The fourth-order valence-electron chi connectivity index (χ4n) is 2.55. The van der Waals surface area contributed by atoms with Crippen molar-refractivity contribution in [3.8, 4) is 11.3 Å². The van der Waals surface area contributed by atoms with Gasteiger partial charge in [0.05, 0.1) is 5.69 Å². The topological polar surface area (TPSA) is 42.7 Å². The molecule has 0 spiro atoms. The number of nitrogens with one attached hydrogen (secondary N) is 1. The van der Waals surface area contributed by atoms with Gasteiger partial charge in [-0.1, -0.05) is 29.8 Å². The number of benzene rings is 1. The Bertz CT molecular complexity index is 741. The van der Waals surface area contributed by atoms with E-state index in [-0.39, 0.29) is 0 Å². The standard InChI is InChI=1S/C16H18N4/c1-11-4-6-12(7-5-11)15-14-13(8-17-2)9-20(3)16(14)19-10-18-15/h4-7,9-10,17H,8H2,1-3H3. The quantitative estimate of drug-likeness (QED) is 0.792. The molecule has 0 bridgehead atoms. The zero-order valence-electron chi connectivity index (χ0n) is 12.0. The summed E-state index contributed by atoms with van der Waals surface area (Å²) in [6, 6.07) is 8.47. The van der Waals surface area contributed by atoms with Gasteiger partial charge in [-0.25, -0.2) is 9.97 Å². The summed E-state index contributed by atoms with van der Waals surface area (Å²) in [5, 5.41) is 4.34. The molecular formula is C16H18N4. The maximum atomic E-state index is 4.51. The summed E-state index contributed by atoms with van der Waals surface area (Å²) in [4.78, 5) is 8.92. The van der Waals surface area contributed by atoms with Gasteiger partial charge in [0.15, 0.2) is 0 Å². The highest BCUT2D eigenvalue weighted by Gasteiger charge is 2.14. The van der Waals surface area contributed by atoms with E-state index in [9.17, 15) is 0 Å². The molecule has 1 aromatic carbocycles. The molecule has 0 fully saturated rings. The first-order valence-electron chi connectivity index (χ1n) is 6.71. The second-order valence-electron chi connectivity index (χ2n) is 5.08. The van der Waals surface area contributed by atoms with Crippen LogP contribution >= 0.6 is 0 Å². The van der Waals surface area contributed by atoms with Crippen LogP contribution in [-0.4, -0.2) is 21.6 Å². The Morgan fingerprint density at radius 2 is 1.90 bits per heavy atom. The zero-order chi connectivity index (χ0) is 14.1. The van der Waals surface area contributed by atoms with Crippen molar-refractivity contribution in [1.29, 1.82) is 0 Å². The van der Waals surface area contributed by atoms with Crippen molar-refractivity contribution in [2.24, 2.45) is 7.05 Å². The van der Waals surface area contributed by atoms with Gasteiger partial charge in [0.2, 0.25) is 0 Å². The van der Waals surface area contributed by atoms with E-state index in [0.29, 0.717) is 0 Å². The van der Waals surface area contributed by atoms with Crippen molar-refractivity contribution < 1.29 is 0 Å². The Hall–Kier alpha value is -2.20. The molecule has 0 aliphatic rings. The SMILES string of the molecule is CNCc1cn(C)c2ncnc(-c3ccc(C)cc3)c12. The molecule has 0 atom stereocenters. The number of aryl methyl sites for hydroxylation is 2. The fraction of sp³-hybridized carbons (Fsp3) is 0.250. The zero-order valence-corrected chi connectivity index (χ0v) is 12.0. The van der Waals surface area contributed by atoms with Crippen LogP contribution < -0.4 is 5.32 Å². The molecule has 4 heteroatoms. The summed E-state index contributed by atoms with van der Waals surface area (Å²) >= 11 is 0. The van der Waals surface area contributed by atoms with Crippen LogP contribution in [-0.2, 0) is 13.6 Å². The molecular weight excluding hydrogens is 248 g/mol. The molecule has 0 amide bonds. The number of rotatable bonds is 3. The van der Waals surface area contributed by atoms with Gasteiger partial charge in [0, 0.05) is 30.7 Å². The average molecular weight is 266 g/mol. The Morgan fingerprint density at radius 3 is 2.60 bits per heavy atom. The summed E-state index contributed by atoms with van der Waals surface area (Å²) in [6.45, 7) is 2.90. The number of nitrogens with zero attached hydrogens (tertiary/aromatic N) is 3. The molecule has 3 aromatic rings. The van der Waals surface area contributed by atoms with Gasteiger partial charge in [0.1, 0.15) is 12.0 Å². The largest absolute Gasteiger partial charge is 0.335 e. The van der Waals surface area contributed by atoms with Crippen LogP contribution in [0, 0.1) is 6.92 Å². The van der Waals surface area contributed by atoms with Crippen molar-refractivity contribution in [3.63, 3.8) is 0 Å². The van der Waals surface area contributed by atoms with Crippen LogP contribution in [0.2, 0.25) is 0 Å². The first kappa shape index (κ1) is 12.8. The van der Waals surface area contributed by atoms with E-state index in [1.807, 2.05) is 14.1 Å². The van der Waals surface area contributed by atoms with Crippen LogP contribution in [0.1, 0.15) is 11.1 Å². The van der Waals surface area contributed by atoms with Gasteiger partial charge < -0.3 is 9.88 Å². The van der Waals surface area contributed by atoms with E-state index in [2.05, 4.69) is 57.2 Å². The third kappa shape index (κ3) is 2.08. The molecule has 20 heavy (non-hydrogen) atoms. The van der Waals surface area contributed by atoms with E-state index < -0.39 is 0 Å². The summed E-state index contributed by atoms with van der Waals surface area (Å²) in [6.07, 6.45) is 3.76. The van der Waals surface area contributed by atoms with Gasteiger partial charge in [-0.3, -0.25) is 0 Å². The molecule has 0 aliphatic carbocycles. The molecule has 0 radical (unpaired) electrons. The number of aromatic nitrogens is 3. The van der Waals surface area contributed by atoms with E-state index in [1.54, 1.807) is 6.33 Å².